The van der Waals surface area contributed by atoms with E-state index in [4.69, 9.17) is 0 Å². The van der Waals surface area contributed by atoms with Crippen molar-refractivity contribution in [3.63, 3.8) is 0 Å². The highest BCUT2D eigenvalue weighted by molar-refractivity contribution is 9.10. The van der Waals surface area contributed by atoms with Gasteiger partial charge in [0.25, 0.3) is 15.9 Å². The summed E-state index contributed by atoms with van der Waals surface area (Å²) in [6, 6.07) is 15.2. The molecule has 0 atom stereocenters. The van der Waals surface area contributed by atoms with Gasteiger partial charge in [-0.1, -0.05) is 34.1 Å². The fourth-order valence-electron chi connectivity index (χ4n) is 2.11. The Kier molecular flexibility index (Phi) is 4.98. The Labute approximate surface area is 152 Å². The van der Waals surface area contributed by atoms with Crippen LogP contribution in [0.4, 0.5) is 0 Å². The monoisotopic (exact) mass is 420 g/mol. The lowest BCUT2D eigenvalue weighted by molar-refractivity contribution is 0.0938. The maximum Gasteiger partial charge on any atom is 0.284 e. The van der Waals surface area contributed by atoms with Crippen LogP contribution in [-0.2, 0) is 10.0 Å². The van der Waals surface area contributed by atoms with Gasteiger partial charge in [0.05, 0.1) is 17.4 Å². The second kappa shape index (κ2) is 7.18. The molecule has 0 unspecified atom stereocenters. The van der Waals surface area contributed by atoms with Gasteiger partial charge in [0, 0.05) is 10.2 Å². The van der Waals surface area contributed by atoms with E-state index in [0.717, 1.165) is 10.2 Å². The van der Waals surface area contributed by atoms with E-state index in [0.29, 0.717) is 0 Å². The summed E-state index contributed by atoms with van der Waals surface area (Å²) >= 11 is 3.24. The number of nitrogens with zero attached hydrogens (tertiary/aromatic N) is 2. The molecule has 1 amide bonds. The van der Waals surface area contributed by atoms with E-state index in [-0.39, 0.29) is 10.6 Å². The van der Waals surface area contributed by atoms with Crippen LogP contribution in [0.25, 0.3) is 5.69 Å². The molecular weight excluding hydrogens is 408 g/mol. The molecule has 0 aliphatic heterocycles. The second-order valence-corrected chi connectivity index (χ2v) is 7.60. The summed E-state index contributed by atoms with van der Waals surface area (Å²) in [7, 11) is -3.87. The molecular formula is C16H13BrN4O3S. The van der Waals surface area contributed by atoms with E-state index in [9.17, 15) is 13.2 Å². The number of imidazole rings is 1. The molecule has 0 fully saturated rings. The van der Waals surface area contributed by atoms with Crippen LogP contribution < -0.4 is 10.3 Å². The average molecular weight is 421 g/mol. The van der Waals surface area contributed by atoms with E-state index in [1.54, 1.807) is 16.7 Å². The zero-order valence-electron chi connectivity index (χ0n) is 12.8. The van der Waals surface area contributed by atoms with Crippen LogP contribution in [0, 0.1) is 0 Å². The number of para-hydroxylation sites is 1. The molecule has 0 spiro atoms. The summed E-state index contributed by atoms with van der Waals surface area (Å²) in [6.07, 6.45) is 2.84. The van der Waals surface area contributed by atoms with Crippen LogP contribution >= 0.6 is 15.9 Å². The molecule has 3 rings (SSSR count). The number of hydrogen-bond donors (Lipinski definition) is 2. The van der Waals surface area contributed by atoms with Crippen molar-refractivity contribution < 1.29 is 13.2 Å². The number of sulfonamides is 1. The van der Waals surface area contributed by atoms with E-state index in [2.05, 4.69) is 31.2 Å². The Bertz CT molecular complexity index is 986. The van der Waals surface area contributed by atoms with Crippen molar-refractivity contribution in [1.29, 1.82) is 0 Å². The van der Waals surface area contributed by atoms with Crippen LogP contribution in [0.3, 0.4) is 0 Å². The van der Waals surface area contributed by atoms with Gasteiger partial charge in [0.1, 0.15) is 5.69 Å². The summed E-state index contributed by atoms with van der Waals surface area (Å²) in [5.74, 6) is -0.623. The van der Waals surface area contributed by atoms with Crippen molar-refractivity contribution in [2.75, 3.05) is 0 Å². The quantitative estimate of drug-likeness (QED) is 0.619. The number of nitrogens with one attached hydrogen (secondary N) is 2. The Morgan fingerprint density at radius 2 is 1.72 bits per heavy atom. The molecule has 3 aromatic rings. The largest absolute Gasteiger partial charge is 0.295 e. The molecule has 0 saturated carbocycles. The van der Waals surface area contributed by atoms with Crippen molar-refractivity contribution in [3.8, 4) is 5.69 Å². The fourth-order valence-corrected chi connectivity index (χ4v) is 3.21. The minimum atomic E-state index is -3.87. The highest BCUT2D eigenvalue weighted by atomic mass is 79.9. The first kappa shape index (κ1) is 17.3. The molecule has 2 N–H and O–H groups in total. The number of carbonyl (C=O) groups excluding carboxylic acids is 1. The normalized spacial score (nSPS) is 11.2. The van der Waals surface area contributed by atoms with Crippen molar-refractivity contribution >= 4 is 31.9 Å². The maximum atomic E-state index is 12.3. The first-order chi connectivity index (χ1) is 12.0. The van der Waals surface area contributed by atoms with Gasteiger partial charge >= 0.3 is 0 Å². The zero-order chi connectivity index (χ0) is 17.9. The molecule has 1 heterocycles. The lowest BCUT2D eigenvalue weighted by Gasteiger charge is -2.10. The van der Waals surface area contributed by atoms with E-state index in [1.807, 2.05) is 30.3 Å². The third kappa shape index (κ3) is 3.95. The first-order valence-electron chi connectivity index (χ1n) is 7.13. The van der Waals surface area contributed by atoms with Gasteiger partial charge in [0.15, 0.2) is 0 Å². The Morgan fingerprint density at radius 3 is 2.40 bits per heavy atom. The molecule has 0 aliphatic carbocycles. The summed E-state index contributed by atoms with van der Waals surface area (Å²) in [4.78, 5) is 18.4. The van der Waals surface area contributed by atoms with Crippen LogP contribution in [-0.4, -0.2) is 23.9 Å². The maximum absolute atomic E-state index is 12.3. The van der Waals surface area contributed by atoms with Gasteiger partial charge in [-0.25, -0.2) is 13.4 Å². The lowest BCUT2D eigenvalue weighted by Crippen LogP contribution is -2.42. The van der Waals surface area contributed by atoms with Gasteiger partial charge in [-0.2, -0.15) is 0 Å². The zero-order valence-corrected chi connectivity index (χ0v) is 15.2. The number of rotatable bonds is 5. The minimum absolute atomic E-state index is 0.0348. The number of hydrogen-bond acceptors (Lipinski definition) is 4. The molecule has 0 bridgehead atoms. The van der Waals surface area contributed by atoms with Crippen molar-refractivity contribution in [1.82, 2.24) is 19.8 Å². The Morgan fingerprint density at radius 1 is 1.04 bits per heavy atom. The molecule has 0 radical (unpaired) electrons. The van der Waals surface area contributed by atoms with Gasteiger partial charge in [-0.05, 0) is 36.4 Å². The van der Waals surface area contributed by atoms with Crippen molar-refractivity contribution in [3.05, 3.63) is 77.3 Å². The fraction of sp³-hybridized carbons (Fsp3) is 0. The van der Waals surface area contributed by atoms with Crippen LogP contribution in [0.5, 0.6) is 0 Å². The number of benzene rings is 2. The SMILES string of the molecule is O=C(NNS(=O)(=O)c1ccc(Br)cc1)c1cncn1-c1ccccc1. The number of amides is 1. The van der Waals surface area contributed by atoms with Gasteiger partial charge in [-0.15, -0.1) is 4.83 Å². The summed E-state index contributed by atoms with van der Waals surface area (Å²) in [6.45, 7) is 0. The number of carbonyl (C=O) groups is 1. The summed E-state index contributed by atoms with van der Waals surface area (Å²) < 4.78 is 26.7. The Hall–Kier alpha value is -2.49. The van der Waals surface area contributed by atoms with Crippen LogP contribution in [0.15, 0.2) is 76.5 Å². The van der Waals surface area contributed by atoms with E-state index < -0.39 is 15.9 Å². The predicted octanol–water partition coefficient (Wildman–Crippen LogP) is 2.26. The summed E-state index contributed by atoms with van der Waals surface area (Å²) in [5.41, 5.74) is 3.13. The highest BCUT2D eigenvalue weighted by Gasteiger charge is 2.18. The summed E-state index contributed by atoms with van der Waals surface area (Å²) in [5, 5.41) is 0. The van der Waals surface area contributed by atoms with E-state index >= 15 is 0 Å². The third-order valence-corrected chi connectivity index (χ3v) is 5.12. The number of hydrazine groups is 1. The smallest absolute Gasteiger partial charge is 0.284 e. The highest BCUT2D eigenvalue weighted by Crippen LogP contribution is 2.14. The van der Waals surface area contributed by atoms with Gasteiger partial charge in [0.2, 0.25) is 0 Å². The first-order valence-corrected chi connectivity index (χ1v) is 9.40. The Balaban J connectivity index is 1.76. The lowest BCUT2D eigenvalue weighted by atomic mass is 10.3. The predicted molar refractivity (Wildman–Crippen MR) is 95.5 cm³/mol. The molecule has 0 saturated heterocycles. The van der Waals surface area contributed by atoms with Crippen LogP contribution in [0.1, 0.15) is 10.5 Å². The van der Waals surface area contributed by atoms with Gasteiger partial charge < -0.3 is 0 Å². The minimum Gasteiger partial charge on any atom is -0.295 e. The standard InChI is InChI=1S/C16H13BrN4O3S/c17-12-6-8-14(9-7-12)25(23,24)20-19-16(22)15-10-18-11-21(15)13-4-2-1-3-5-13/h1-11,20H,(H,19,22). The third-order valence-electron chi connectivity index (χ3n) is 3.33. The van der Waals surface area contributed by atoms with Crippen LogP contribution in [0.2, 0.25) is 0 Å². The molecule has 1 aromatic heterocycles. The molecule has 2 aromatic carbocycles. The second-order valence-electron chi connectivity index (χ2n) is 5.00. The van der Waals surface area contributed by atoms with Gasteiger partial charge in [-0.3, -0.25) is 14.8 Å². The molecule has 128 valence electrons. The van der Waals surface area contributed by atoms with Crippen molar-refractivity contribution in [2.45, 2.75) is 4.90 Å². The number of aromatic nitrogens is 2. The number of halogens is 1. The molecule has 0 aliphatic rings. The average Bonchev–Trinajstić information content (AvgIpc) is 3.11. The van der Waals surface area contributed by atoms with Crippen molar-refractivity contribution in [2.24, 2.45) is 0 Å². The van der Waals surface area contributed by atoms with E-state index in [1.165, 1.54) is 24.7 Å². The molecule has 9 heteroatoms. The molecule has 25 heavy (non-hydrogen) atoms. The topological polar surface area (TPSA) is 93.1 Å². The molecule has 7 nitrogen and oxygen atoms in total.